The van der Waals surface area contributed by atoms with E-state index in [1.54, 1.807) is 41.0 Å². The molecule has 7 aromatic rings. The van der Waals surface area contributed by atoms with Crippen LogP contribution in [0.2, 0.25) is 5.02 Å². The number of halogens is 1. The first-order chi connectivity index (χ1) is 29.4. The quantitative estimate of drug-likeness (QED) is 0.0894. The molecule has 302 valence electrons. The lowest BCUT2D eigenvalue weighted by Gasteiger charge is -2.32. The molecule has 0 bridgehead atoms. The summed E-state index contributed by atoms with van der Waals surface area (Å²) in [5.41, 5.74) is 2.70. The molecule has 2 amide bonds. The Balaban J connectivity index is 0.000000185. The van der Waals surface area contributed by atoms with Crippen molar-refractivity contribution in [2.75, 3.05) is 4.90 Å². The molecule has 4 aliphatic heterocycles. The maximum absolute atomic E-state index is 14.5. The van der Waals surface area contributed by atoms with Crippen LogP contribution in [0.5, 0.6) is 5.88 Å². The van der Waals surface area contributed by atoms with Crippen molar-refractivity contribution < 1.29 is 24.4 Å². The molecule has 2 fully saturated rings. The van der Waals surface area contributed by atoms with Crippen molar-refractivity contribution in [3.8, 4) is 11.6 Å². The fraction of sp³-hybridized carbons (Fsp3) is 0.174. The van der Waals surface area contributed by atoms with Gasteiger partial charge in [-0.3, -0.25) is 39.2 Å². The van der Waals surface area contributed by atoms with Crippen LogP contribution < -0.4 is 15.8 Å². The van der Waals surface area contributed by atoms with E-state index in [1.807, 2.05) is 74.5 Å². The van der Waals surface area contributed by atoms with Crippen LogP contribution in [-0.2, 0) is 15.1 Å². The number of aromatic nitrogens is 3. The van der Waals surface area contributed by atoms with Gasteiger partial charge in [-0.1, -0.05) is 86.1 Å². The van der Waals surface area contributed by atoms with Gasteiger partial charge in [-0.15, -0.1) is 0 Å². The molecule has 2 unspecified atom stereocenters. The number of nitro benzene ring substituents is 1. The number of hydrogen-bond acceptors (Lipinski definition) is 10. The average molecular weight is 832 g/mol. The van der Waals surface area contributed by atoms with Crippen molar-refractivity contribution in [1.29, 1.82) is 0 Å². The fourth-order valence-electron chi connectivity index (χ4n) is 9.56. The van der Waals surface area contributed by atoms with Crippen LogP contribution in [0.4, 0.5) is 17.1 Å². The van der Waals surface area contributed by atoms with Gasteiger partial charge in [0.15, 0.2) is 5.88 Å². The summed E-state index contributed by atoms with van der Waals surface area (Å²) in [6, 6.07) is 32.5. The minimum atomic E-state index is -1.27. The maximum atomic E-state index is 14.5. The predicted octanol–water partition coefficient (Wildman–Crippen LogP) is 7.52. The van der Waals surface area contributed by atoms with Crippen LogP contribution in [-0.4, -0.2) is 53.9 Å². The number of benzene rings is 5. The molecule has 3 N–H and O–H groups in total. The van der Waals surface area contributed by atoms with Crippen LogP contribution in [0.1, 0.15) is 47.6 Å². The summed E-state index contributed by atoms with van der Waals surface area (Å²) in [6.45, 7) is 4.08. The summed E-state index contributed by atoms with van der Waals surface area (Å²) < 4.78 is 1.55. The van der Waals surface area contributed by atoms with Crippen LogP contribution in [0.3, 0.4) is 0 Å². The fourth-order valence-corrected chi connectivity index (χ4v) is 9.75. The molecule has 15 heteroatoms. The Kier molecular flexibility index (Phi) is 8.64. The van der Waals surface area contributed by atoms with Gasteiger partial charge in [0, 0.05) is 34.1 Å². The van der Waals surface area contributed by atoms with E-state index in [4.69, 9.17) is 16.6 Å². The van der Waals surface area contributed by atoms with Crippen LogP contribution in [0.25, 0.3) is 27.5 Å². The number of imide groups is 1. The topological polar surface area (TPSA) is 193 Å². The van der Waals surface area contributed by atoms with Gasteiger partial charge < -0.3 is 10.1 Å². The first-order valence-corrected chi connectivity index (χ1v) is 20.0. The molecule has 4 atom stereocenters. The van der Waals surface area contributed by atoms with Gasteiger partial charge in [-0.05, 0) is 60.9 Å². The highest BCUT2D eigenvalue weighted by Gasteiger charge is 2.69. The highest BCUT2D eigenvalue weighted by Crippen LogP contribution is 2.56. The summed E-state index contributed by atoms with van der Waals surface area (Å²) in [6.07, 6.45) is 0.580. The number of aromatic hydroxyl groups is 1. The minimum Gasteiger partial charge on any atom is -0.494 e. The van der Waals surface area contributed by atoms with E-state index < -0.39 is 45.8 Å². The third kappa shape index (κ3) is 5.52. The van der Waals surface area contributed by atoms with E-state index >= 15 is 0 Å². The summed E-state index contributed by atoms with van der Waals surface area (Å²) in [4.78, 5) is 79.2. The number of nitrogens with one attached hydrogen (secondary N) is 2. The maximum Gasteiger partial charge on any atom is 0.289 e. The number of rotatable bonds is 5. The first-order valence-electron chi connectivity index (χ1n) is 19.6. The number of aliphatic imine (C=N–C) groups is 1. The van der Waals surface area contributed by atoms with Crippen molar-refractivity contribution in [3.05, 3.63) is 163 Å². The first kappa shape index (κ1) is 37.9. The number of H-pyrrole nitrogens is 1. The van der Waals surface area contributed by atoms with Crippen molar-refractivity contribution in [2.24, 2.45) is 22.7 Å². The summed E-state index contributed by atoms with van der Waals surface area (Å²) >= 11 is 6.04. The second-order valence-electron chi connectivity index (χ2n) is 15.9. The molecule has 5 aromatic carbocycles. The Morgan fingerprint density at radius 3 is 2.36 bits per heavy atom. The number of Topliss-reactive ketones (excluding diaryl/α,β-unsaturated/α-hetero) is 1. The smallest absolute Gasteiger partial charge is 0.289 e. The van der Waals surface area contributed by atoms with Gasteiger partial charge in [-0.2, -0.15) is 0 Å². The number of ketones is 1. The highest BCUT2D eigenvalue weighted by molar-refractivity contribution is 6.56. The monoisotopic (exact) mass is 831 g/mol. The molecule has 4 aliphatic rings. The van der Waals surface area contributed by atoms with Crippen molar-refractivity contribution in [1.82, 2.24) is 19.9 Å². The number of nitrogens with zero attached hydrogens (tertiary/aromatic N) is 5. The van der Waals surface area contributed by atoms with Gasteiger partial charge >= 0.3 is 0 Å². The largest absolute Gasteiger partial charge is 0.494 e. The summed E-state index contributed by atoms with van der Waals surface area (Å²) in [7, 11) is 0. The van der Waals surface area contributed by atoms with E-state index in [9.17, 15) is 34.4 Å². The SMILES string of the molecule is CC(C)CC1NC2(c3ccccc3-n3c2nc2ccccc2c3=O)[C@H]2C(=O)N(c3ccc(Cl)c([N+](=O)[O-])c3)C(=O)[C@@H]12.O=C1C(c2c(O)[nH]c3ccccc23)=Nc2ccccc21. The third-order valence-electron chi connectivity index (χ3n) is 12.0. The lowest BCUT2D eigenvalue weighted by molar-refractivity contribution is -0.384. The lowest BCUT2D eigenvalue weighted by atomic mass is 9.75. The highest BCUT2D eigenvalue weighted by atomic mass is 35.5. The number of amides is 2. The van der Waals surface area contributed by atoms with Gasteiger partial charge in [-0.25, -0.2) is 14.9 Å². The second-order valence-corrected chi connectivity index (χ2v) is 16.3. The van der Waals surface area contributed by atoms with Crippen molar-refractivity contribution >= 4 is 73.8 Å². The third-order valence-corrected chi connectivity index (χ3v) is 12.3. The standard InChI is InChI=1S/C30H24ClN5O5.C16H10N2O2/c1-15(2)13-21-24-25(28(39)34(27(24)38)16-11-12-19(31)23(14-16)36(40)41)30(33-21)18-8-4-6-10-22(18)35-26(37)17-7-3-5-9-20(17)32-29(30)35;19-15-10-6-2-4-8-12(10)17-14(15)13-9-5-1-3-7-11(9)18-16(13)20/h3-12,14-15,21,24-25,33H,13H2,1-2H3;1-8,18,20H/t21?,24-,25+,30?;/m0./s1. The number of nitro groups is 1. The van der Waals surface area contributed by atoms with E-state index in [0.29, 0.717) is 56.9 Å². The van der Waals surface area contributed by atoms with Crippen molar-refractivity contribution in [2.45, 2.75) is 31.8 Å². The number of carbonyl (C=O) groups is 3. The zero-order valence-electron chi connectivity index (χ0n) is 32.5. The molecule has 14 nitrogen and oxygen atoms in total. The number of hydrogen-bond donors (Lipinski definition) is 3. The number of anilines is 1. The average Bonchev–Trinajstić information content (AvgIpc) is 4.01. The molecule has 2 saturated heterocycles. The van der Waals surface area contributed by atoms with Crippen LogP contribution in [0.15, 0.2) is 125 Å². The number of aromatic amines is 1. The zero-order chi connectivity index (χ0) is 42.5. The molecule has 11 rings (SSSR count). The Labute approximate surface area is 351 Å². The molecule has 2 aromatic heterocycles. The normalized spacial score (nSPS) is 20.9. The summed E-state index contributed by atoms with van der Waals surface area (Å²) in [5, 5.41) is 26.5. The number of para-hydroxylation sites is 4. The Morgan fingerprint density at radius 2 is 1.59 bits per heavy atom. The van der Waals surface area contributed by atoms with Crippen molar-refractivity contribution in [3.63, 3.8) is 0 Å². The minimum absolute atomic E-state index is 0.0221. The molecule has 0 radical (unpaired) electrons. The van der Waals surface area contributed by atoms with Gasteiger partial charge in [0.2, 0.25) is 17.6 Å². The molecule has 0 aliphatic carbocycles. The van der Waals surface area contributed by atoms with Crippen LogP contribution >= 0.6 is 11.6 Å². The second kappa shape index (κ2) is 13.9. The number of fused-ring (bicyclic) bond motifs is 10. The van der Waals surface area contributed by atoms with E-state index in [-0.39, 0.29) is 33.9 Å². The molecule has 1 spiro atoms. The Morgan fingerprint density at radius 1 is 0.885 bits per heavy atom. The number of carbonyl (C=O) groups excluding carboxylic acids is 3. The molecule has 61 heavy (non-hydrogen) atoms. The molecular formula is C46H34ClN7O7. The van der Waals surface area contributed by atoms with Gasteiger partial charge in [0.05, 0.1) is 50.3 Å². The van der Waals surface area contributed by atoms with E-state index in [0.717, 1.165) is 21.9 Å². The van der Waals surface area contributed by atoms with Gasteiger partial charge in [0.1, 0.15) is 22.1 Å². The predicted molar refractivity (Wildman–Crippen MR) is 229 cm³/mol. The summed E-state index contributed by atoms with van der Waals surface area (Å²) in [5.74, 6) is -2.34. The molecular weight excluding hydrogens is 798 g/mol. The Hall–Kier alpha value is -7.29. The van der Waals surface area contributed by atoms with E-state index in [1.165, 1.54) is 12.1 Å². The molecule has 6 heterocycles. The lowest BCUT2D eigenvalue weighted by Crippen LogP contribution is -2.50. The zero-order valence-corrected chi connectivity index (χ0v) is 33.3. The van der Waals surface area contributed by atoms with Gasteiger partial charge in [0.25, 0.3) is 11.2 Å². The van der Waals surface area contributed by atoms with Crippen LogP contribution in [0, 0.1) is 27.9 Å². The van der Waals surface area contributed by atoms with E-state index in [2.05, 4.69) is 15.3 Å². The molecule has 0 saturated carbocycles. The Bertz CT molecular complexity index is 3170.